The zero-order chi connectivity index (χ0) is 22.4. The van der Waals surface area contributed by atoms with Crippen molar-refractivity contribution in [1.82, 2.24) is 9.80 Å². The number of piperidine rings is 2. The summed E-state index contributed by atoms with van der Waals surface area (Å²) in [5, 5.41) is 26.6. The van der Waals surface area contributed by atoms with Crippen molar-refractivity contribution >= 4 is 11.4 Å². The molecule has 2 aliphatic heterocycles. The fourth-order valence-corrected chi connectivity index (χ4v) is 9.10. The summed E-state index contributed by atoms with van der Waals surface area (Å²) in [5.74, 6) is 4.43. The van der Waals surface area contributed by atoms with Gasteiger partial charge in [0.1, 0.15) is 0 Å². The normalized spacial score (nSPS) is 42.9. The van der Waals surface area contributed by atoms with E-state index < -0.39 is 0 Å². The molecule has 6 heteroatoms. The van der Waals surface area contributed by atoms with Gasteiger partial charge in [-0.15, -0.1) is 0 Å². The number of rotatable bonds is 6. The van der Waals surface area contributed by atoms with E-state index in [0.29, 0.717) is 23.9 Å². The van der Waals surface area contributed by atoms with Gasteiger partial charge in [0, 0.05) is 11.8 Å². The summed E-state index contributed by atoms with van der Waals surface area (Å²) >= 11 is 0. The number of hydrogen-bond donors (Lipinski definition) is 2. The Morgan fingerprint density at radius 1 is 0.606 bits per heavy atom. The summed E-state index contributed by atoms with van der Waals surface area (Å²) in [6, 6.07) is 0.901. The highest BCUT2D eigenvalue weighted by atomic mass is 16.4. The molecule has 0 aromatic carbocycles. The average Bonchev–Trinajstić information content (AvgIpc) is 3.65. The van der Waals surface area contributed by atoms with Gasteiger partial charge in [0.05, 0.1) is 23.5 Å². The quantitative estimate of drug-likeness (QED) is 0.443. The number of nitrogens with zero attached hydrogens (tertiary/aromatic N) is 4. The Kier molecular flexibility index (Phi) is 6.42. The monoisotopic (exact) mass is 456 g/mol. The number of oxime groups is 2. The summed E-state index contributed by atoms with van der Waals surface area (Å²) in [7, 11) is 0. The van der Waals surface area contributed by atoms with Gasteiger partial charge in [-0.05, 0) is 114 Å². The summed E-state index contributed by atoms with van der Waals surface area (Å²) in [4.78, 5) is 5.31. The van der Waals surface area contributed by atoms with Gasteiger partial charge in [-0.1, -0.05) is 29.6 Å². The van der Waals surface area contributed by atoms with Crippen molar-refractivity contribution < 1.29 is 10.4 Å². The third-order valence-electron chi connectivity index (χ3n) is 10.8. The van der Waals surface area contributed by atoms with E-state index >= 15 is 0 Å². The molecule has 6 fully saturated rings. The molecule has 33 heavy (non-hydrogen) atoms. The molecule has 4 bridgehead atoms. The SMILES string of the molecule is O/N=C1/[C@H]2CC[C@@H](C2)[C@@H]1N1CCC(CCCC2CCN([C@H]3/C(=N/O)[C@H]4CC[C@H]3C4)CC2)CC1. The van der Waals surface area contributed by atoms with Crippen molar-refractivity contribution in [1.29, 1.82) is 0 Å². The van der Waals surface area contributed by atoms with Crippen LogP contribution in [-0.4, -0.2) is 69.9 Å². The molecule has 4 saturated carbocycles. The molecule has 6 aliphatic rings. The second-order valence-electron chi connectivity index (χ2n) is 12.4. The van der Waals surface area contributed by atoms with E-state index in [1.54, 1.807) is 0 Å². The van der Waals surface area contributed by atoms with Gasteiger partial charge in [-0.3, -0.25) is 9.80 Å². The highest BCUT2D eigenvalue weighted by molar-refractivity contribution is 5.95. The first kappa shape index (κ1) is 22.3. The third-order valence-corrected chi connectivity index (χ3v) is 10.8. The molecule has 0 amide bonds. The minimum Gasteiger partial charge on any atom is -0.411 e. The first-order chi connectivity index (χ1) is 16.2. The van der Waals surface area contributed by atoms with Gasteiger partial charge in [0.2, 0.25) is 0 Å². The van der Waals surface area contributed by atoms with Crippen molar-refractivity contribution in [3.05, 3.63) is 0 Å². The van der Waals surface area contributed by atoms with Crippen molar-refractivity contribution in [2.45, 2.75) is 95.6 Å². The lowest BCUT2D eigenvalue weighted by Crippen LogP contribution is -2.48. The average molecular weight is 457 g/mol. The fourth-order valence-electron chi connectivity index (χ4n) is 9.10. The van der Waals surface area contributed by atoms with Crippen LogP contribution in [0, 0.1) is 35.5 Å². The van der Waals surface area contributed by atoms with E-state index in [4.69, 9.17) is 0 Å². The van der Waals surface area contributed by atoms with E-state index in [1.165, 1.54) is 110 Å². The van der Waals surface area contributed by atoms with E-state index in [9.17, 15) is 10.4 Å². The van der Waals surface area contributed by atoms with Crippen molar-refractivity contribution in [2.24, 2.45) is 45.8 Å². The highest BCUT2D eigenvalue weighted by Gasteiger charge is 2.49. The van der Waals surface area contributed by atoms with E-state index in [2.05, 4.69) is 20.1 Å². The summed E-state index contributed by atoms with van der Waals surface area (Å²) in [6.45, 7) is 4.81. The van der Waals surface area contributed by atoms with Crippen LogP contribution < -0.4 is 0 Å². The molecule has 2 heterocycles. The predicted molar refractivity (Wildman–Crippen MR) is 130 cm³/mol. The van der Waals surface area contributed by atoms with E-state index in [-0.39, 0.29) is 0 Å². The number of fused-ring (bicyclic) bond motifs is 4. The molecule has 4 aliphatic carbocycles. The molecule has 0 spiro atoms. The Morgan fingerprint density at radius 2 is 1.03 bits per heavy atom. The van der Waals surface area contributed by atoms with Gasteiger partial charge in [0.25, 0.3) is 0 Å². The molecule has 0 aromatic rings. The van der Waals surface area contributed by atoms with Crippen LogP contribution in [0.5, 0.6) is 0 Å². The lowest BCUT2D eigenvalue weighted by Gasteiger charge is -2.40. The Morgan fingerprint density at radius 3 is 1.42 bits per heavy atom. The molecule has 0 radical (unpaired) electrons. The van der Waals surface area contributed by atoms with Crippen LogP contribution in [0.1, 0.15) is 83.5 Å². The maximum atomic E-state index is 9.55. The van der Waals surface area contributed by atoms with Crippen LogP contribution in [0.4, 0.5) is 0 Å². The zero-order valence-electron chi connectivity index (χ0n) is 20.3. The molecule has 184 valence electrons. The van der Waals surface area contributed by atoms with Crippen LogP contribution in [0.15, 0.2) is 10.3 Å². The molecule has 6 rings (SSSR count). The Hall–Kier alpha value is -1.14. The van der Waals surface area contributed by atoms with Crippen LogP contribution in [0.25, 0.3) is 0 Å². The summed E-state index contributed by atoms with van der Waals surface area (Å²) in [5.41, 5.74) is 2.22. The summed E-state index contributed by atoms with van der Waals surface area (Å²) < 4.78 is 0. The van der Waals surface area contributed by atoms with Gasteiger partial charge >= 0.3 is 0 Å². The number of likely N-dealkylation sites (tertiary alicyclic amines) is 2. The Labute approximate surface area is 199 Å². The van der Waals surface area contributed by atoms with Gasteiger partial charge < -0.3 is 10.4 Å². The Balaban J connectivity index is 0.904. The maximum absolute atomic E-state index is 9.55. The van der Waals surface area contributed by atoms with Crippen LogP contribution in [0.3, 0.4) is 0 Å². The molecule has 2 saturated heterocycles. The molecule has 0 unspecified atom stereocenters. The number of hydrogen-bond acceptors (Lipinski definition) is 6. The van der Waals surface area contributed by atoms with Crippen LogP contribution in [-0.2, 0) is 0 Å². The minimum atomic E-state index is 0.450. The topological polar surface area (TPSA) is 71.7 Å². The van der Waals surface area contributed by atoms with Crippen molar-refractivity contribution in [3.8, 4) is 0 Å². The van der Waals surface area contributed by atoms with Gasteiger partial charge in [-0.2, -0.15) is 0 Å². The smallest absolute Gasteiger partial charge is 0.0775 e. The largest absolute Gasteiger partial charge is 0.411 e. The maximum Gasteiger partial charge on any atom is 0.0775 e. The first-order valence-corrected chi connectivity index (χ1v) is 14.2. The Bertz CT molecular complexity index is 691. The van der Waals surface area contributed by atoms with Gasteiger partial charge in [-0.25, -0.2) is 0 Å². The molecule has 6 atom stereocenters. The molecular formula is C27H44N4O2. The lowest BCUT2D eigenvalue weighted by atomic mass is 9.84. The predicted octanol–water partition coefficient (Wildman–Crippen LogP) is 4.84. The van der Waals surface area contributed by atoms with Crippen molar-refractivity contribution in [2.75, 3.05) is 26.2 Å². The van der Waals surface area contributed by atoms with E-state index in [0.717, 1.165) is 35.1 Å². The fraction of sp³-hybridized carbons (Fsp3) is 0.926. The lowest BCUT2D eigenvalue weighted by molar-refractivity contribution is 0.119. The van der Waals surface area contributed by atoms with E-state index in [1.807, 2.05) is 0 Å². The summed E-state index contributed by atoms with van der Waals surface area (Å²) in [6.07, 6.45) is 17.2. The van der Waals surface area contributed by atoms with Gasteiger partial charge in [0.15, 0.2) is 0 Å². The second kappa shape index (κ2) is 9.49. The van der Waals surface area contributed by atoms with Crippen LogP contribution in [0.2, 0.25) is 0 Å². The molecule has 0 aromatic heterocycles. The third kappa shape index (κ3) is 4.13. The molecule has 6 nitrogen and oxygen atoms in total. The molecule has 2 N–H and O–H groups in total. The molecular weight excluding hydrogens is 412 g/mol. The minimum absolute atomic E-state index is 0.450. The first-order valence-electron chi connectivity index (χ1n) is 14.2. The zero-order valence-corrected chi connectivity index (χ0v) is 20.3. The van der Waals surface area contributed by atoms with Crippen molar-refractivity contribution in [3.63, 3.8) is 0 Å². The van der Waals surface area contributed by atoms with Crippen LogP contribution >= 0.6 is 0 Å². The highest BCUT2D eigenvalue weighted by Crippen LogP contribution is 2.47. The second-order valence-corrected chi connectivity index (χ2v) is 12.4. The standard InChI is InChI=1S/C27H44N4O2/c32-28-24-20-4-6-22(16-20)26(24)30-12-8-18(9-13-30)2-1-3-19-10-14-31(15-11-19)27-23-7-5-21(17-23)25(27)29-33/h18-23,26-27,32-33H,1-17H2/b28-24-,29-25+/t20-,21-,22-,23-,26-,27+/m0/s1.